The molecule has 262 valence electrons. The molecule has 0 aliphatic carbocycles. The van der Waals surface area contributed by atoms with E-state index in [1.54, 1.807) is 17.1 Å². The van der Waals surface area contributed by atoms with Crippen molar-refractivity contribution in [1.29, 1.82) is 0 Å². The number of rotatable bonds is 14. The number of amides is 2. The molecular formula is C32H37N4O11S2+. The van der Waals surface area contributed by atoms with Crippen LogP contribution in [0, 0.1) is 0 Å². The summed E-state index contributed by atoms with van der Waals surface area (Å²) >= 11 is 0. The molecule has 17 heteroatoms. The first-order valence-corrected chi connectivity index (χ1v) is 18.7. The minimum atomic E-state index is -4.51. The number of aliphatic imine (C=N–C) groups is 1. The van der Waals surface area contributed by atoms with Crippen LogP contribution in [0.2, 0.25) is 0 Å². The van der Waals surface area contributed by atoms with Crippen LogP contribution in [0.25, 0.3) is 0 Å². The maximum atomic E-state index is 12.1. The van der Waals surface area contributed by atoms with Crippen molar-refractivity contribution in [1.82, 2.24) is 5.06 Å². The molecular weight excluding hydrogens is 681 g/mol. The standard InChI is InChI=1S/C32H36N4O11S2/c1-32(2)23-9-7-18-34(17-5-3-4-12-30(39)47-36-27(37)15-16-28(36)38)31(23)33-26(32)10-6-11-29-35(19-8-20-48(40,41)42)24-21-22(49(43,44)45)13-14-25(24)46-29/h6-7,9-11,13-14,18,21H,3-5,8,12,15-17,19-20H2,1-2H3,(H-,40,41,42,43,44,45)/p+1. The SMILES string of the molecule is CC1(C)C(/C=C/C=C2\Oc3ccc(S(=O)(=O)O)cc3N2CCCS(=O)(=O)O)=Nc2c1ccc[n+]2CCCCCC(=O)ON1C(=O)CCC1=O. The van der Waals surface area contributed by atoms with Crippen LogP contribution in [0.1, 0.15) is 64.4 Å². The third-order valence-corrected chi connectivity index (χ3v) is 9.99. The van der Waals surface area contributed by atoms with Gasteiger partial charge in [0.2, 0.25) is 5.88 Å². The summed E-state index contributed by atoms with van der Waals surface area (Å²) < 4.78 is 72.8. The lowest BCUT2D eigenvalue weighted by atomic mass is 9.82. The molecule has 0 spiro atoms. The van der Waals surface area contributed by atoms with Crippen molar-refractivity contribution >= 4 is 55.2 Å². The highest BCUT2D eigenvalue weighted by Gasteiger charge is 2.42. The normalized spacial score (nSPS) is 17.9. The van der Waals surface area contributed by atoms with Crippen LogP contribution < -0.4 is 14.2 Å². The summed E-state index contributed by atoms with van der Waals surface area (Å²) in [6.45, 7) is 4.79. The Morgan fingerprint density at radius 3 is 2.49 bits per heavy atom. The number of anilines is 1. The van der Waals surface area contributed by atoms with E-state index in [2.05, 4.69) is 0 Å². The summed E-state index contributed by atoms with van der Waals surface area (Å²) in [6, 6.07) is 7.77. The number of allylic oxidation sites excluding steroid dienone is 3. The number of ether oxygens (including phenoxy) is 1. The molecule has 5 rings (SSSR count). The molecule has 0 radical (unpaired) electrons. The maximum absolute atomic E-state index is 12.1. The lowest BCUT2D eigenvalue weighted by molar-refractivity contribution is -0.684. The zero-order valence-corrected chi connectivity index (χ0v) is 28.6. The molecule has 0 saturated carbocycles. The van der Waals surface area contributed by atoms with Gasteiger partial charge in [0.1, 0.15) is 0 Å². The topological polar surface area (TPSA) is 201 Å². The molecule has 2 amide bonds. The molecule has 2 N–H and O–H groups in total. The average molecular weight is 718 g/mol. The Kier molecular flexibility index (Phi) is 10.4. The third-order valence-electron chi connectivity index (χ3n) is 8.34. The van der Waals surface area contributed by atoms with Gasteiger partial charge >= 0.3 is 11.8 Å². The monoisotopic (exact) mass is 717 g/mol. The molecule has 1 saturated heterocycles. The van der Waals surface area contributed by atoms with Crippen molar-refractivity contribution in [2.45, 2.75) is 75.6 Å². The summed E-state index contributed by atoms with van der Waals surface area (Å²) in [5.41, 5.74) is 1.63. The zero-order valence-electron chi connectivity index (χ0n) is 26.9. The molecule has 0 bridgehead atoms. The molecule has 0 unspecified atom stereocenters. The average Bonchev–Trinajstić information content (AvgIpc) is 3.62. The van der Waals surface area contributed by atoms with E-state index in [0.29, 0.717) is 35.9 Å². The molecule has 0 atom stereocenters. The van der Waals surface area contributed by atoms with Crippen LogP contribution in [0.4, 0.5) is 11.5 Å². The Hall–Kier alpha value is -4.45. The summed E-state index contributed by atoms with van der Waals surface area (Å²) in [5, 5.41) is 0.555. The van der Waals surface area contributed by atoms with Gasteiger partial charge in [-0.3, -0.25) is 18.7 Å². The summed E-state index contributed by atoms with van der Waals surface area (Å²) in [5.74, 6) is -0.775. The maximum Gasteiger partial charge on any atom is 0.333 e. The van der Waals surface area contributed by atoms with Gasteiger partial charge in [0.05, 0.1) is 40.1 Å². The molecule has 3 aliphatic rings. The smallest absolute Gasteiger partial charge is 0.333 e. The molecule has 49 heavy (non-hydrogen) atoms. The zero-order chi connectivity index (χ0) is 35.6. The highest BCUT2D eigenvalue weighted by atomic mass is 32.2. The van der Waals surface area contributed by atoms with Crippen LogP contribution >= 0.6 is 0 Å². The van der Waals surface area contributed by atoms with Crippen molar-refractivity contribution in [3.8, 4) is 5.75 Å². The Morgan fingerprint density at radius 1 is 1.06 bits per heavy atom. The number of aryl methyl sites for hydroxylation is 1. The molecule has 1 aromatic heterocycles. The van der Waals surface area contributed by atoms with E-state index >= 15 is 0 Å². The number of hydroxylamine groups is 2. The quantitative estimate of drug-likeness (QED) is 0.125. The number of nitrogens with zero attached hydrogens (tertiary/aromatic N) is 4. The largest absolute Gasteiger partial charge is 0.439 e. The van der Waals surface area contributed by atoms with Crippen LogP contribution in [0.5, 0.6) is 5.75 Å². The van der Waals surface area contributed by atoms with Gasteiger partial charge in [-0.25, -0.2) is 9.36 Å². The number of aromatic nitrogens is 1. The molecule has 3 aliphatic heterocycles. The Labute approximate surface area is 284 Å². The third kappa shape index (κ3) is 8.41. The van der Waals surface area contributed by atoms with Gasteiger partial charge < -0.3 is 14.5 Å². The fraction of sp³-hybridized carbons (Fsp3) is 0.406. The van der Waals surface area contributed by atoms with E-state index in [0.717, 1.165) is 23.5 Å². The number of benzene rings is 1. The van der Waals surface area contributed by atoms with Crippen molar-refractivity contribution in [2.75, 3.05) is 17.2 Å². The van der Waals surface area contributed by atoms with E-state index < -0.39 is 49.2 Å². The Balaban J connectivity index is 1.25. The molecule has 1 fully saturated rings. The minimum Gasteiger partial charge on any atom is -0.439 e. The van der Waals surface area contributed by atoms with Gasteiger partial charge in [-0.15, -0.1) is 5.06 Å². The second kappa shape index (κ2) is 14.2. The Morgan fingerprint density at radius 2 is 1.80 bits per heavy atom. The lowest BCUT2D eigenvalue weighted by Gasteiger charge is -2.18. The number of unbranched alkanes of at least 4 members (excludes halogenated alkanes) is 2. The second-order valence-electron chi connectivity index (χ2n) is 12.3. The first-order chi connectivity index (χ1) is 23.0. The van der Waals surface area contributed by atoms with Crippen LogP contribution in [-0.2, 0) is 51.4 Å². The highest BCUT2D eigenvalue weighted by Crippen LogP contribution is 2.41. The second-order valence-corrected chi connectivity index (χ2v) is 15.3. The fourth-order valence-electron chi connectivity index (χ4n) is 5.73. The number of carbonyl (C=O) groups excluding carboxylic acids is 3. The molecule has 15 nitrogen and oxygen atoms in total. The highest BCUT2D eigenvalue weighted by molar-refractivity contribution is 7.86. The van der Waals surface area contributed by atoms with Crippen molar-refractivity contribution in [3.05, 3.63) is 66.2 Å². The van der Waals surface area contributed by atoms with Crippen molar-refractivity contribution < 1.29 is 54.5 Å². The van der Waals surface area contributed by atoms with Crippen molar-refractivity contribution in [3.63, 3.8) is 0 Å². The summed E-state index contributed by atoms with van der Waals surface area (Å²) in [6.07, 6.45) is 9.28. The predicted molar refractivity (Wildman–Crippen MR) is 175 cm³/mol. The van der Waals surface area contributed by atoms with Gasteiger partial charge in [-0.1, -0.05) is 6.08 Å². The van der Waals surface area contributed by atoms with E-state index in [-0.39, 0.29) is 43.0 Å². The van der Waals surface area contributed by atoms with E-state index in [1.165, 1.54) is 18.2 Å². The molecule has 1 aromatic carbocycles. The first-order valence-electron chi connectivity index (χ1n) is 15.6. The Bertz CT molecular complexity index is 1970. The first kappa shape index (κ1) is 35.8. The van der Waals surface area contributed by atoms with Gasteiger partial charge in [-0.05, 0) is 87.0 Å². The van der Waals surface area contributed by atoms with Crippen LogP contribution in [-0.4, -0.2) is 66.8 Å². The van der Waals surface area contributed by atoms with E-state index in [1.807, 2.05) is 42.8 Å². The van der Waals surface area contributed by atoms with Crippen LogP contribution in [0.3, 0.4) is 0 Å². The fourth-order valence-corrected chi connectivity index (χ4v) is 6.72. The van der Waals surface area contributed by atoms with E-state index in [9.17, 15) is 40.3 Å². The van der Waals surface area contributed by atoms with E-state index in [4.69, 9.17) is 14.6 Å². The number of imide groups is 1. The van der Waals surface area contributed by atoms with Crippen molar-refractivity contribution in [2.24, 2.45) is 4.99 Å². The predicted octanol–water partition coefficient (Wildman–Crippen LogP) is 3.33. The number of hydrogen-bond donors (Lipinski definition) is 2. The molecule has 4 heterocycles. The number of fused-ring (bicyclic) bond motifs is 2. The number of pyridine rings is 1. The van der Waals surface area contributed by atoms with Gasteiger partial charge in [0, 0.05) is 25.8 Å². The minimum absolute atomic E-state index is 0.0124. The van der Waals surface area contributed by atoms with Gasteiger partial charge in [-0.2, -0.15) is 16.8 Å². The van der Waals surface area contributed by atoms with Gasteiger partial charge in [0.15, 0.2) is 11.5 Å². The number of hydrogen-bond acceptors (Lipinski definition) is 11. The summed E-state index contributed by atoms with van der Waals surface area (Å²) in [7, 11) is -8.74. The summed E-state index contributed by atoms with van der Waals surface area (Å²) in [4.78, 5) is 46.4. The number of carbonyl (C=O) groups is 3. The molecule has 2 aromatic rings. The van der Waals surface area contributed by atoms with Crippen LogP contribution in [0.15, 0.2) is 70.5 Å². The lowest BCUT2D eigenvalue weighted by Crippen LogP contribution is -2.35. The van der Waals surface area contributed by atoms with Gasteiger partial charge in [0.25, 0.3) is 32.1 Å².